The number of thiophene rings is 1. The van der Waals surface area contributed by atoms with Crippen molar-refractivity contribution < 1.29 is 13.2 Å². The molecule has 0 bridgehead atoms. The standard InChI is InChI=1S/C10H14BrNO3S2/c1-15-8-2-5-12(6-3-8)17(13,14)10-9(11)4-7-16-10/h4,7-8H,2-3,5-6H2,1H3. The van der Waals surface area contributed by atoms with Crippen molar-refractivity contribution in [1.29, 1.82) is 0 Å². The van der Waals surface area contributed by atoms with Crippen molar-refractivity contribution in [3.05, 3.63) is 15.9 Å². The van der Waals surface area contributed by atoms with Gasteiger partial charge in [-0.1, -0.05) is 0 Å². The highest BCUT2D eigenvalue weighted by Crippen LogP contribution is 2.31. The van der Waals surface area contributed by atoms with Gasteiger partial charge in [0.15, 0.2) is 0 Å². The van der Waals surface area contributed by atoms with Crippen LogP contribution in [0.2, 0.25) is 0 Å². The zero-order valence-electron chi connectivity index (χ0n) is 9.43. The summed E-state index contributed by atoms with van der Waals surface area (Å²) in [6, 6.07) is 1.76. The maximum atomic E-state index is 12.3. The minimum absolute atomic E-state index is 0.188. The van der Waals surface area contributed by atoms with E-state index in [4.69, 9.17) is 4.74 Å². The van der Waals surface area contributed by atoms with Gasteiger partial charge in [-0.15, -0.1) is 11.3 Å². The summed E-state index contributed by atoms with van der Waals surface area (Å²) < 4.78 is 32.5. The predicted molar refractivity (Wildman–Crippen MR) is 70.8 cm³/mol. The van der Waals surface area contributed by atoms with E-state index in [1.807, 2.05) is 0 Å². The van der Waals surface area contributed by atoms with Crippen molar-refractivity contribution in [3.63, 3.8) is 0 Å². The summed E-state index contributed by atoms with van der Waals surface area (Å²) in [5, 5.41) is 1.78. The van der Waals surface area contributed by atoms with Crippen LogP contribution in [0.3, 0.4) is 0 Å². The molecule has 0 radical (unpaired) electrons. The molecule has 7 heteroatoms. The molecule has 1 aliphatic heterocycles. The fourth-order valence-corrected chi connectivity index (χ4v) is 5.81. The number of hydrogen-bond acceptors (Lipinski definition) is 4. The van der Waals surface area contributed by atoms with Crippen LogP contribution in [0, 0.1) is 0 Å². The number of piperidine rings is 1. The maximum absolute atomic E-state index is 12.3. The smallest absolute Gasteiger partial charge is 0.253 e. The first-order valence-corrected chi connectivity index (χ1v) is 8.43. The molecule has 1 fully saturated rings. The minimum atomic E-state index is -3.33. The second kappa shape index (κ2) is 5.36. The number of hydrogen-bond donors (Lipinski definition) is 0. The molecular formula is C10H14BrNO3S2. The largest absolute Gasteiger partial charge is 0.381 e. The average Bonchev–Trinajstić information content (AvgIpc) is 2.76. The average molecular weight is 340 g/mol. The Morgan fingerprint density at radius 3 is 2.59 bits per heavy atom. The van der Waals surface area contributed by atoms with Gasteiger partial charge in [-0.2, -0.15) is 4.31 Å². The molecule has 0 aromatic carbocycles. The van der Waals surface area contributed by atoms with Gasteiger partial charge >= 0.3 is 0 Å². The number of ether oxygens (including phenoxy) is 1. The highest BCUT2D eigenvalue weighted by Gasteiger charge is 2.31. The quantitative estimate of drug-likeness (QED) is 0.848. The molecule has 2 rings (SSSR count). The van der Waals surface area contributed by atoms with E-state index in [9.17, 15) is 8.42 Å². The molecule has 2 heterocycles. The van der Waals surface area contributed by atoms with E-state index in [-0.39, 0.29) is 6.10 Å². The van der Waals surface area contributed by atoms with Gasteiger partial charge in [-0.25, -0.2) is 8.42 Å². The topological polar surface area (TPSA) is 46.6 Å². The van der Waals surface area contributed by atoms with Crippen molar-refractivity contribution in [3.8, 4) is 0 Å². The van der Waals surface area contributed by atoms with Crippen molar-refractivity contribution in [2.75, 3.05) is 20.2 Å². The highest BCUT2D eigenvalue weighted by atomic mass is 79.9. The van der Waals surface area contributed by atoms with Crippen molar-refractivity contribution in [2.24, 2.45) is 0 Å². The van der Waals surface area contributed by atoms with Gasteiger partial charge in [0.05, 0.1) is 6.10 Å². The molecule has 0 saturated carbocycles. The van der Waals surface area contributed by atoms with Gasteiger partial charge in [0.1, 0.15) is 4.21 Å². The van der Waals surface area contributed by atoms with Crippen LogP contribution in [-0.2, 0) is 14.8 Å². The Kier molecular flexibility index (Phi) is 4.25. The fraction of sp³-hybridized carbons (Fsp3) is 0.600. The molecule has 4 nitrogen and oxygen atoms in total. The van der Waals surface area contributed by atoms with Crippen molar-refractivity contribution >= 4 is 37.3 Å². The first kappa shape index (κ1) is 13.5. The van der Waals surface area contributed by atoms with Gasteiger partial charge in [0.25, 0.3) is 10.0 Å². The lowest BCUT2D eigenvalue weighted by Crippen LogP contribution is -2.40. The summed E-state index contributed by atoms with van der Waals surface area (Å²) in [7, 11) is -1.66. The van der Waals surface area contributed by atoms with E-state index in [1.54, 1.807) is 22.9 Å². The summed E-state index contributed by atoms with van der Waals surface area (Å²) >= 11 is 4.52. The molecule has 0 aliphatic carbocycles. The van der Waals surface area contributed by atoms with Crippen LogP contribution in [-0.4, -0.2) is 39.0 Å². The van der Waals surface area contributed by atoms with Gasteiger partial charge in [-0.3, -0.25) is 0 Å². The summed E-state index contributed by atoms with van der Waals surface area (Å²) in [5.74, 6) is 0. The predicted octanol–water partition coefficient (Wildman–Crippen LogP) is 2.31. The number of halogens is 1. The molecule has 1 aromatic rings. The third-order valence-corrected chi connectivity index (χ3v) is 7.44. The number of nitrogens with zero attached hydrogens (tertiary/aromatic N) is 1. The number of rotatable bonds is 3. The molecule has 96 valence electrons. The van der Waals surface area contributed by atoms with Gasteiger partial charge in [0, 0.05) is 24.7 Å². The van der Waals surface area contributed by atoms with E-state index in [2.05, 4.69) is 15.9 Å². The fourth-order valence-electron chi connectivity index (χ4n) is 1.89. The second-order valence-corrected chi connectivity index (χ2v) is 7.80. The van der Waals surface area contributed by atoms with E-state index >= 15 is 0 Å². The first-order chi connectivity index (χ1) is 8.05. The normalized spacial score (nSPS) is 19.6. The zero-order chi connectivity index (χ0) is 12.5. The van der Waals surface area contributed by atoms with E-state index < -0.39 is 10.0 Å². The monoisotopic (exact) mass is 339 g/mol. The van der Waals surface area contributed by atoms with Crippen LogP contribution in [0.5, 0.6) is 0 Å². The molecular weight excluding hydrogens is 326 g/mol. The molecule has 1 saturated heterocycles. The van der Waals surface area contributed by atoms with Crippen molar-refractivity contribution in [2.45, 2.75) is 23.2 Å². The summed E-state index contributed by atoms with van der Waals surface area (Å²) in [6.07, 6.45) is 1.71. The summed E-state index contributed by atoms with van der Waals surface area (Å²) in [5.41, 5.74) is 0. The van der Waals surface area contributed by atoms with Crippen molar-refractivity contribution in [1.82, 2.24) is 4.31 Å². The van der Waals surface area contributed by atoms with Crippen LogP contribution >= 0.6 is 27.3 Å². The van der Waals surface area contributed by atoms with E-state index in [0.717, 1.165) is 12.8 Å². The SMILES string of the molecule is COC1CCN(S(=O)(=O)c2sccc2Br)CC1. The molecule has 0 atom stereocenters. The maximum Gasteiger partial charge on any atom is 0.253 e. The molecule has 0 N–H and O–H groups in total. The molecule has 1 aromatic heterocycles. The van der Waals surface area contributed by atoms with Crippen LogP contribution < -0.4 is 0 Å². The van der Waals surface area contributed by atoms with E-state index in [0.29, 0.717) is 21.8 Å². The molecule has 0 amide bonds. The lowest BCUT2D eigenvalue weighted by Gasteiger charge is -2.30. The van der Waals surface area contributed by atoms with Gasteiger partial charge in [0.2, 0.25) is 0 Å². The third-order valence-electron chi connectivity index (χ3n) is 2.89. The number of sulfonamides is 1. The Balaban J connectivity index is 2.16. The Morgan fingerprint density at radius 1 is 1.47 bits per heavy atom. The minimum Gasteiger partial charge on any atom is -0.381 e. The van der Waals surface area contributed by atoms with Crippen LogP contribution in [0.4, 0.5) is 0 Å². The summed E-state index contributed by atoms with van der Waals surface area (Å²) in [6.45, 7) is 1.07. The van der Waals surface area contributed by atoms with Crippen LogP contribution in [0.15, 0.2) is 20.1 Å². The lowest BCUT2D eigenvalue weighted by molar-refractivity contribution is 0.0605. The molecule has 0 spiro atoms. The zero-order valence-corrected chi connectivity index (χ0v) is 12.6. The van der Waals surface area contributed by atoms with Gasteiger partial charge < -0.3 is 4.74 Å². The lowest BCUT2D eigenvalue weighted by atomic mass is 10.1. The van der Waals surface area contributed by atoms with Crippen LogP contribution in [0.25, 0.3) is 0 Å². The Labute approximate surface area is 114 Å². The second-order valence-electron chi connectivity index (χ2n) is 3.90. The Bertz CT molecular complexity index is 477. The molecule has 17 heavy (non-hydrogen) atoms. The Morgan fingerprint density at radius 2 is 2.12 bits per heavy atom. The summed E-state index contributed by atoms with van der Waals surface area (Å²) in [4.78, 5) is 0. The third kappa shape index (κ3) is 2.73. The molecule has 0 unspecified atom stereocenters. The van der Waals surface area contributed by atoms with Crippen LogP contribution in [0.1, 0.15) is 12.8 Å². The van der Waals surface area contributed by atoms with Gasteiger partial charge in [-0.05, 0) is 40.2 Å². The first-order valence-electron chi connectivity index (χ1n) is 5.31. The number of methoxy groups -OCH3 is 1. The highest BCUT2D eigenvalue weighted by molar-refractivity contribution is 9.10. The van der Waals surface area contributed by atoms with E-state index in [1.165, 1.54) is 11.3 Å². The molecule has 1 aliphatic rings. The Hall–Kier alpha value is 0.0500.